The minimum Gasteiger partial charge on any atom is -0.491 e. The summed E-state index contributed by atoms with van der Waals surface area (Å²) in [5, 5.41) is 8.70. The quantitative estimate of drug-likeness (QED) is 0.835. The summed E-state index contributed by atoms with van der Waals surface area (Å²) in [5.41, 5.74) is 1.17. The van der Waals surface area contributed by atoms with Crippen LogP contribution >= 0.6 is 11.6 Å². The summed E-state index contributed by atoms with van der Waals surface area (Å²) in [7, 11) is 0. The van der Waals surface area contributed by atoms with Crippen molar-refractivity contribution in [3.05, 3.63) is 40.9 Å². The van der Waals surface area contributed by atoms with E-state index in [9.17, 15) is 0 Å². The summed E-state index contributed by atoms with van der Waals surface area (Å²) < 4.78 is 7.74. The van der Waals surface area contributed by atoms with Gasteiger partial charge in [-0.15, -0.1) is 10.2 Å². The molecule has 0 radical (unpaired) electrons. The van der Waals surface area contributed by atoms with Gasteiger partial charge in [-0.3, -0.25) is 4.57 Å². The van der Waals surface area contributed by atoms with Crippen LogP contribution in [-0.4, -0.2) is 21.4 Å². The van der Waals surface area contributed by atoms with Crippen LogP contribution < -0.4 is 4.74 Å². The van der Waals surface area contributed by atoms with Gasteiger partial charge >= 0.3 is 0 Å². The second-order valence-electron chi connectivity index (χ2n) is 4.84. The molecule has 0 amide bonds. The van der Waals surface area contributed by atoms with Crippen LogP contribution in [0.15, 0.2) is 24.3 Å². The Balaban J connectivity index is 1.83. The molecule has 1 saturated carbocycles. The number of benzene rings is 1. The third-order valence-electron chi connectivity index (χ3n) is 3.61. The number of ether oxygens (including phenoxy) is 1. The van der Waals surface area contributed by atoms with Crippen LogP contribution in [-0.2, 0) is 0 Å². The molecule has 0 spiro atoms. The Kier molecular flexibility index (Phi) is 2.14. The maximum Gasteiger partial charge on any atom is 0.225 e. The fraction of sp³-hybridized carbons (Fsp3) is 0.385. The molecule has 1 fully saturated rings. The Morgan fingerprint density at radius 3 is 2.89 bits per heavy atom. The summed E-state index contributed by atoms with van der Waals surface area (Å²) in [5.74, 6) is 2.47. The second-order valence-corrected chi connectivity index (χ2v) is 5.17. The first-order valence-corrected chi connectivity index (χ1v) is 6.54. The molecular formula is C13H12ClN3O. The number of para-hydroxylation sites is 1. The Labute approximate surface area is 110 Å². The third kappa shape index (κ3) is 1.45. The van der Waals surface area contributed by atoms with Crippen molar-refractivity contribution in [2.24, 2.45) is 0 Å². The lowest BCUT2D eigenvalue weighted by atomic mass is 10.1. The summed E-state index contributed by atoms with van der Waals surface area (Å²) in [6, 6.07) is 8.19. The molecule has 0 bridgehead atoms. The van der Waals surface area contributed by atoms with Crippen LogP contribution in [0.2, 0.25) is 5.28 Å². The van der Waals surface area contributed by atoms with E-state index in [0.29, 0.717) is 17.8 Å². The highest BCUT2D eigenvalue weighted by Crippen LogP contribution is 2.43. The van der Waals surface area contributed by atoms with Crippen LogP contribution in [0.25, 0.3) is 0 Å². The Bertz CT molecular complexity index is 606. The van der Waals surface area contributed by atoms with Crippen LogP contribution in [0.1, 0.15) is 36.2 Å². The number of rotatable bonds is 2. The molecule has 18 heavy (non-hydrogen) atoms. The standard InChI is InChI=1S/C13H12ClN3O/c14-13-16-15-12(8-5-6-8)17(13)10-7-18-11-4-2-1-3-9(10)11/h1-4,8,10H,5-7H2. The maximum absolute atomic E-state index is 6.20. The lowest BCUT2D eigenvalue weighted by Crippen LogP contribution is -2.15. The fourth-order valence-electron chi connectivity index (χ4n) is 2.55. The zero-order valence-corrected chi connectivity index (χ0v) is 10.5. The van der Waals surface area contributed by atoms with Gasteiger partial charge in [0, 0.05) is 11.5 Å². The number of aromatic nitrogens is 3. The molecule has 4 nitrogen and oxygen atoms in total. The molecule has 1 aliphatic heterocycles. The molecule has 0 saturated heterocycles. The predicted molar refractivity (Wildman–Crippen MR) is 67.1 cm³/mol. The van der Waals surface area contributed by atoms with Crippen LogP contribution in [0.5, 0.6) is 5.75 Å². The van der Waals surface area contributed by atoms with Crippen molar-refractivity contribution in [3.63, 3.8) is 0 Å². The minimum absolute atomic E-state index is 0.110. The maximum atomic E-state index is 6.20. The van der Waals surface area contributed by atoms with E-state index in [0.717, 1.165) is 11.6 Å². The van der Waals surface area contributed by atoms with Gasteiger partial charge in [0.05, 0.1) is 0 Å². The molecule has 1 aliphatic carbocycles. The third-order valence-corrected chi connectivity index (χ3v) is 3.87. The van der Waals surface area contributed by atoms with E-state index >= 15 is 0 Å². The number of nitrogens with zero attached hydrogens (tertiary/aromatic N) is 3. The van der Waals surface area contributed by atoms with Gasteiger partial charge in [0.25, 0.3) is 0 Å². The Morgan fingerprint density at radius 2 is 2.06 bits per heavy atom. The smallest absolute Gasteiger partial charge is 0.225 e. The minimum atomic E-state index is 0.110. The topological polar surface area (TPSA) is 39.9 Å². The molecular weight excluding hydrogens is 250 g/mol. The van der Waals surface area contributed by atoms with Gasteiger partial charge in [-0.1, -0.05) is 18.2 Å². The highest BCUT2D eigenvalue weighted by Gasteiger charge is 2.35. The SMILES string of the molecule is Clc1nnc(C2CC2)n1C1COc2ccccc21. The van der Waals surface area contributed by atoms with Crippen molar-refractivity contribution in [2.45, 2.75) is 24.8 Å². The predicted octanol–water partition coefficient (Wildman–Crippen LogP) is 2.79. The molecule has 92 valence electrons. The summed E-state index contributed by atoms with van der Waals surface area (Å²) in [6.45, 7) is 0.608. The number of hydrogen-bond donors (Lipinski definition) is 0. The van der Waals surface area contributed by atoms with E-state index in [1.165, 1.54) is 18.4 Å². The van der Waals surface area contributed by atoms with Gasteiger partial charge < -0.3 is 4.74 Å². The molecule has 4 rings (SSSR count). The van der Waals surface area contributed by atoms with Crippen LogP contribution in [0.4, 0.5) is 0 Å². The first kappa shape index (κ1) is 10.4. The van der Waals surface area contributed by atoms with E-state index in [2.05, 4.69) is 16.3 Å². The molecule has 2 aliphatic rings. The molecule has 1 aromatic heterocycles. The van der Waals surface area contributed by atoms with Gasteiger partial charge in [-0.25, -0.2) is 0 Å². The normalized spacial score (nSPS) is 21.7. The Hall–Kier alpha value is -1.55. The van der Waals surface area contributed by atoms with E-state index in [1.54, 1.807) is 0 Å². The highest BCUT2D eigenvalue weighted by molar-refractivity contribution is 6.28. The number of fused-ring (bicyclic) bond motifs is 1. The Morgan fingerprint density at radius 1 is 1.22 bits per heavy atom. The van der Waals surface area contributed by atoms with Crippen molar-refractivity contribution in [1.82, 2.24) is 14.8 Å². The lowest BCUT2D eigenvalue weighted by molar-refractivity contribution is 0.314. The van der Waals surface area contributed by atoms with Crippen molar-refractivity contribution >= 4 is 11.6 Å². The van der Waals surface area contributed by atoms with Crippen LogP contribution in [0, 0.1) is 0 Å². The molecule has 0 N–H and O–H groups in total. The molecule has 5 heteroatoms. The van der Waals surface area contributed by atoms with E-state index < -0.39 is 0 Å². The largest absolute Gasteiger partial charge is 0.491 e. The number of hydrogen-bond acceptors (Lipinski definition) is 3. The van der Waals surface area contributed by atoms with Gasteiger partial charge in [0.1, 0.15) is 24.2 Å². The van der Waals surface area contributed by atoms with Crippen molar-refractivity contribution < 1.29 is 4.74 Å². The van der Waals surface area contributed by atoms with E-state index in [4.69, 9.17) is 16.3 Å². The second kappa shape index (κ2) is 3.72. The van der Waals surface area contributed by atoms with E-state index in [1.807, 2.05) is 22.8 Å². The van der Waals surface area contributed by atoms with E-state index in [-0.39, 0.29) is 6.04 Å². The van der Waals surface area contributed by atoms with Crippen LogP contribution in [0.3, 0.4) is 0 Å². The first-order chi connectivity index (χ1) is 8.84. The van der Waals surface area contributed by atoms with Gasteiger partial charge in [0.15, 0.2) is 0 Å². The van der Waals surface area contributed by atoms with Crippen molar-refractivity contribution in [3.8, 4) is 5.75 Å². The monoisotopic (exact) mass is 261 g/mol. The lowest BCUT2D eigenvalue weighted by Gasteiger charge is -2.14. The summed E-state index contributed by atoms with van der Waals surface area (Å²) in [4.78, 5) is 0. The summed E-state index contributed by atoms with van der Waals surface area (Å²) >= 11 is 6.20. The van der Waals surface area contributed by atoms with Crippen molar-refractivity contribution in [2.75, 3.05) is 6.61 Å². The van der Waals surface area contributed by atoms with Gasteiger partial charge in [0.2, 0.25) is 5.28 Å². The van der Waals surface area contributed by atoms with Gasteiger partial charge in [-0.05, 0) is 30.5 Å². The van der Waals surface area contributed by atoms with Crippen molar-refractivity contribution in [1.29, 1.82) is 0 Å². The molecule has 1 unspecified atom stereocenters. The average molecular weight is 262 g/mol. The molecule has 2 heterocycles. The zero-order valence-electron chi connectivity index (χ0n) is 9.71. The average Bonchev–Trinajstić information content (AvgIpc) is 3.04. The van der Waals surface area contributed by atoms with Gasteiger partial charge in [-0.2, -0.15) is 0 Å². The highest BCUT2D eigenvalue weighted by atomic mass is 35.5. The first-order valence-electron chi connectivity index (χ1n) is 6.16. The summed E-state index contributed by atoms with van der Waals surface area (Å²) in [6.07, 6.45) is 2.37. The molecule has 1 aromatic carbocycles. The molecule has 1 atom stereocenters. The fourth-order valence-corrected chi connectivity index (χ4v) is 2.79. The zero-order chi connectivity index (χ0) is 12.1. The molecule has 2 aromatic rings. The number of halogens is 1.